The minimum atomic E-state index is -0.765. The molecule has 0 unspecified atom stereocenters. The van der Waals surface area contributed by atoms with Crippen LogP contribution in [0.1, 0.15) is 20.8 Å². The summed E-state index contributed by atoms with van der Waals surface area (Å²) in [6.07, 6.45) is -0.765. The second-order valence-electron chi connectivity index (χ2n) is 3.76. The zero-order chi connectivity index (χ0) is 11.4. The molecule has 0 saturated heterocycles. The Morgan fingerprint density at radius 3 is 2.07 bits per heavy atom. The van der Waals surface area contributed by atoms with Crippen LogP contribution in [-0.2, 0) is 9.53 Å². The highest BCUT2D eigenvalue weighted by atomic mass is 16.5. The van der Waals surface area contributed by atoms with E-state index < -0.39 is 11.5 Å². The van der Waals surface area contributed by atoms with Gasteiger partial charge in [0.15, 0.2) is 0 Å². The van der Waals surface area contributed by atoms with Crippen LogP contribution in [0.25, 0.3) is 0 Å². The van der Waals surface area contributed by atoms with E-state index in [1.807, 2.05) is 0 Å². The number of carbonyl (C=O) groups excluding carboxylic acids is 2. The number of hydrogen-bond donors (Lipinski definition) is 1. The predicted molar refractivity (Wildman–Crippen MR) is 53.4 cm³/mol. The zero-order valence-corrected chi connectivity index (χ0v) is 9.17. The third kappa shape index (κ3) is 3.55. The van der Waals surface area contributed by atoms with Gasteiger partial charge in [0.2, 0.25) is 0 Å². The van der Waals surface area contributed by atoms with E-state index >= 15 is 0 Å². The first kappa shape index (κ1) is 12.6. The van der Waals surface area contributed by atoms with Crippen LogP contribution in [0.15, 0.2) is 4.99 Å². The van der Waals surface area contributed by atoms with Crippen LogP contribution in [0.4, 0.5) is 4.79 Å². The minimum Gasteiger partial charge on any atom is -0.451 e. The van der Waals surface area contributed by atoms with Crippen molar-refractivity contribution in [2.24, 2.45) is 10.4 Å². The molecule has 0 rings (SSSR count). The van der Waals surface area contributed by atoms with Gasteiger partial charge in [-0.15, -0.1) is 0 Å². The van der Waals surface area contributed by atoms with Crippen LogP contribution in [0.3, 0.4) is 0 Å². The van der Waals surface area contributed by atoms with Crippen LogP contribution in [0, 0.1) is 5.41 Å². The van der Waals surface area contributed by atoms with E-state index in [0.29, 0.717) is 0 Å². The van der Waals surface area contributed by atoms with E-state index in [2.05, 4.69) is 15.0 Å². The number of rotatable bonds is 1. The van der Waals surface area contributed by atoms with Crippen molar-refractivity contribution in [3.63, 3.8) is 0 Å². The molecule has 5 nitrogen and oxygen atoms in total. The lowest BCUT2D eigenvalue weighted by Crippen LogP contribution is -2.37. The van der Waals surface area contributed by atoms with Gasteiger partial charge in [-0.3, -0.25) is 4.79 Å². The molecule has 0 radical (unpaired) electrons. The van der Waals surface area contributed by atoms with Crippen molar-refractivity contribution in [2.75, 3.05) is 14.2 Å². The van der Waals surface area contributed by atoms with Crippen LogP contribution in [0.5, 0.6) is 0 Å². The van der Waals surface area contributed by atoms with Gasteiger partial charge in [0.1, 0.15) is 5.71 Å². The molecule has 0 bridgehead atoms. The molecule has 0 aliphatic heterocycles. The summed E-state index contributed by atoms with van der Waals surface area (Å²) in [7, 11) is 2.71. The molecule has 0 aromatic heterocycles. The molecule has 5 heteroatoms. The second-order valence-corrected chi connectivity index (χ2v) is 3.76. The lowest BCUT2D eigenvalue weighted by Gasteiger charge is -2.19. The summed E-state index contributed by atoms with van der Waals surface area (Å²) in [5.41, 5.74) is -0.333. The summed E-state index contributed by atoms with van der Waals surface area (Å²) < 4.78 is 4.36. The fourth-order valence-electron chi connectivity index (χ4n) is 0.814. The average Bonchev–Trinajstić information content (AvgIpc) is 2.10. The van der Waals surface area contributed by atoms with Gasteiger partial charge in [-0.25, -0.2) is 4.79 Å². The minimum absolute atomic E-state index is 0.159. The molecule has 1 N–H and O–H groups in total. The first-order valence-corrected chi connectivity index (χ1v) is 4.22. The molecule has 0 aliphatic rings. The number of nitrogens with zero attached hydrogens (tertiary/aromatic N) is 1. The maximum Gasteiger partial charge on any atom is 0.433 e. The molecule has 0 aliphatic carbocycles. The third-order valence-electron chi connectivity index (χ3n) is 1.53. The molecule has 0 aromatic carbocycles. The maximum absolute atomic E-state index is 11.4. The van der Waals surface area contributed by atoms with E-state index in [4.69, 9.17) is 0 Å². The average molecular weight is 200 g/mol. The number of methoxy groups -OCH3 is 1. The van der Waals surface area contributed by atoms with E-state index in [9.17, 15) is 9.59 Å². The predicted octanol–water partition coefficient (Wildman–Crippen LogP) is 0.986. The highest BCUT2D eigenvalue weighted by molar-refractivity contribution is 6.41. The van der Waals surface area contributed by atoms with Gasteiger partial charge in [0, 0.05) is 12.5 Å². The SMILES string of the molecule is CNC(=O)C(=NC(=O)OC)C(C)(C)C. The number of nitrogens with one attached hydrogen (secondary N) is 1. The van der Waals surface area contributed by atoms with Crippen molar-refractivity contribution in [3.8, 4) is 0 Å². The fraction of sp³-hybridized carbons (Fsp3) is 0.667. The summed E-state index contributed by atoms with van der Waals surface area (Å²) in [4.78, 5) is 25.8. The largest absolute Gasteiger partial charge is 0.451 e. The quantitative estimate of drug-likeness (QED) is 0.642. The molecule has 0 fully saturated rings. The van der Waals surface area contributed by atoms with Gasteiger partial charge < -0.3 is 10.1 Å². The Bertz CT molecular complexity index is 264. The van der Waals surface area contributed by atoms with Gasteiger partial charge in [0.25, 0.3) is 5.91 Å². The Hall–Kier alpha value is -1.39. The highest BCUT2D eigenvalue weighted by Gasteiger charge is 2.26. The summed E-state index contributed by atoms with van der Waals surface area (Å²) in [5.74, 6) is -0.372. The molecule has 0 aromatic rings. The normalized spacial score (nSPS) is 12.2. The molecule has 14 heavy (non-hydrogen) atoms. The summed E-state index contributed by atoms with van der Waals surface area (Å²) in [5, 5.41) is 2.42. The Morgan fingerprint density at radius 1 is 1.29 bits per heavy atom. The number of amides is 2. The summed E-state index contributed by atoms with van der Waals surface area (Å²) in [6, 6.07) is 0. The molecule has 0 atom stereocenters. The Balaban J connectivity index is 5.02. The number of aliphatic imine (C=N–C) groups is 1. The monoisotopic (exact) mass is 200 g/mol. The smallest absolute Gasteiger partial charge is 0.433 e. The Morgan fingerprint density at radius 2 is 1.79 bits per heavy atom. The fourth-order valence-corrected chi connectivity index (χ4v) is 0.814. The van der Waals surface area contributed by atoms with Crippen LogP contribution >= 0.6 is 0 Å². The Kier molecular flexibility index (Phi) is 4.27. The van der Waals surface area contributed by atoms with Crippen molar-refractivity contribution in [3.05, 3.63) is 0 Å². The van der Waals surface area contributed by atoms with Crippen LogP contribution in [-0.4, -0.2) is 31.9 Å². The number of ether oxygens (including phenoxy) is 1. The van der Waals surface area contributed by atoms with Gasteiger partial charge >= 0.3 is 6.09 Å². The summed E-state index contributed by atoms with van der Waals surface area (Å²) >= 11 is 0. The van der Waals surface area contributed by atoms with E-state index in [1.54, 1.807) is 20.8 Å². The van der Waals surface area contributed by atoms with Gasteiger partial charge in [-0.05, 0) is 0 Å². The van der Waals surface area contributed by atoms with Crippen molar-refractivity contribution in [1.82, 2.24) is 5.32 Å². The van der Waals surface area contributed by atoms with Gasteiger partial charge in [-0.2, -0.15) is 4.99 Å². The third-order valence-corrected chi connectivity index (χ3v) is 1.53. The van der Waals surface area contributed by atoms with E-state index in [-0.39, 0.29) is 11.6 Å². The first-order chi connectivity index (χ1) is 6.32. The molecule has 0 spiro atoms. The van der Waals surface area contributed by atoms with Crippen molar-refractivity contribution in [1.29, 1.82) is 0 Å². The van der Waals surface area contributed by atoms with E-state index in [0.717, 1.165) is 0 Å². The van der Waals surface area contributed by atoms with Crippen molar-refractivity contribution in [2.45, 2.75) is 20.8 Å². The van der Waals surface area contributed by atoms with Gasteiger partial charge in [0.05, 0.1) is 7.11 Å². The zero-order valence-electron chi connectivity index (χ0n) is 9.17. The first-order valence-electron chi connectivity index (χ1n) is 4.22. The molecular formula is C9H16N2O3. The molecule has 0 heterocycles. The molecular weight excluding hydrogens is 184 g/mol. The van der Waals surface area contributed by atoms with Crippen molar-refractivity contribution < 1.29 is 14.3 Å². The maximum atomic E-state index is 11.4. The second kappa shape index (κ2) is 4.74. The van der Waals surface area contributed by atoms with Crippen LogP contribution < -0.4 is 5.32 Å². The Labute approximate surface area is 83.5 Å². The van der Waals surface area contributed by atoms with Gasteiger partial charge in [-0.1, -0.05) is 20.8 Å². The standard InChI is InChI=1S/C9H16N2O3/c1-9(2,3)6(7(12)10-4)11-8(13)14-5/h1-5H3,(H,10,12). The lowest BCUT2D eigenvalue weighted by atomic mass is 9.89. The number of hydrogen-bond acceptors (Lipinski definition) is 3. The molecule has 2 amide bonds. The molecule has 0 saturated carbocycles. The number of carbonyl (C=O) groups is 2. The lowest BCUT2D eigenvalue weighted by molar-refractivity contribution is -0.114. The van der Waals surface area contributed by atoms with E-state index in [1.165, 1.54) is 14.2 Å². The van der Waals surface area contributed by atoms with Crippen LogP contribution in [0.2, 0.25) is 0 Å². The summed E-state index contributed by atoms with van der Waals surface area (Å²) in [6.45, 7) is 5.39. The van der Waals surface area contributed by atoms with Crippen molar-refractivity contribution >= 4 is 17.7 Å². The topological polar surface area (TPSA) is 67.8 Å². The molecule has 80 valence electrons. The highest BCUT2D eigenvalue weighted by Crippen LogP contribution is 2.16.